The van der Waals surface area contributed by atoms with E-state index in [-0.39, 0.29) is 11.5 Å². The van der Waals surface area contributed by atoms with Crippen LogP contribution in [0.25, 0.3) is 0 Å². The number of nitrogens with one attached hydrogen (secondary N) is 1. The molecule has 1 spiro atoms. The Morgan fingerprint density at radius 3 is 2.75 bits per heavy atom. The third kappa shape index (κ3) is 2.59. The second kappa shape index (κ2) is 6.16. The van der Waals surface area contributed by atoms with Gasteiger partial charge in [0.25, 0.3) is 0 Å². The molecule has 0 amide bonds. The molecular formula is C18H25N3O3. The second-order valence-corrected chi connectivity index (χ2v) is 6.91. The molecule has 2 aliphatic carbocycles. The molecule has 1 aliphatic heterocycles. The van der Waals surface area contributed by atoms with Crippen molar-refractivity contribution in [3.8, 4) is 11.5 Å². The molecule has 1 aromatic rings. The lowest BCUT2D eigenvalue weighted by molar-refractivity contribution is -0.150. The minimum Gasteiger partial charge on any atom is -0.490 e. The molecule has 2 fully saturated rings. The Labute approximate surface area is 142 Å². The Balaban J connectivity index is 1.44. The van der Waals surface area contributed by atoms with Crippen molar-refractivity contribution in [1.29, 1.82) is 0 Å². The summed E-state index contributed by atoms with van der Waals surface area (Å²) in [6, 6.07) is 6.03. The molecule has 0 saturated heterocycles. The van der Waals surface area contributed by atoms with Crippen LogP contribution in [0.1, 0.15) is 32.1 Å². The van der Waals surface area contributed by atoms with Crippen LogP contribution in [0.15, 0.2) is 23.2 Å². The van der Waals surface area contributed by atoms with Crippen molar-refractivity contribution in [3.63, 3.8) is 0 Å². The van der Waals surface area contributed by atoms with Crippen molar-refractivity contribution < 1.29 is 14.2 Å². The zero-order valence-electron chi connectivity index (χ0n) is 14.1. The highest BCUT2D eigenvalue weighted by molar-refractivity contribution is 5.92. The highest BCUT2D eigenvalue weighted by Gasteiger charge is 2.58. The Morgan fingerprint density at radius 1 is 1.25 bits per heavy atom. The molecule has 2 unspecified atom stereocenters. The van der Waals surface area contributed by atoms with Gasteiger partial charge in [-0.2, -0.15) is 0 Å². The number of fused-ring (bicyclic) bond motifs is 1. The van der Waals surface area contributed by atoms with Gasteiger partial charge in [0.2, 0.25) is 0 Å². The van der Waals surface area contributed by atoms with E-state index in [1.807, 2.05) is 18.2 Å². The Kier molecular flexibility index (Phi) is 4.00. The summed E-state index contributed by atoms with van der Waals surface area (Å²) in [6.07, 6.45) is 5.84. The minimum atomic E-state index is 0.228. The molecule has 1 aromatic carbocycles. The molecule has 0 radical (unpaired) electrons. The number of benzene rings is 1. The summed E-state index contributed by atoms with van der Waals surface area (Å²) in [7, 11) is 1.80. The topological polar surface area (TPSA) is 78.1 Å². The molecule has 1 heterocycles. The first-order valence-corrected chi connectivity index (χ1v) is 8.74. The molecule has 24 heavy (non-hydrogen) atoms. The van der Waals surface area contributed by atoms with E-state index in [9.17, 15) is 0 Å². The van der Waals surface area contributed by atoms with Crippen LogP contribution in [0.2, 0.25) is 0 Å². The predicted molar refractivity (Wildman–Crippen MR) is 92.8 cm³/mol. The number of ether oxygens (including phenoxy) is 3. The van der Waals surface area contributed by atoms with Crippen molar-refractivity contribution in [1.82, 2.24) is 0 Å². The highest BCUT2D eigenvalue weighted by atomic mass is 16.5. The summed E-state index contributed by atoms with van der Waals surface area (Å²) in [5.74, 6) is 1.99. The smallest absolute Gasteiger partial charge is 0.193 e. The number of methoxy groups -OCH3 is 1. The molecule has 3 aliphatic rings. The van der Waals surface area contributed by atoms with Crippen LogP contribution >= 0.6 is 0 Å². The monoisotopic (exact) mass is 331 g/mol. The highest BCUT2D eigenvalue weighted by Crippen LogP contribution is 2.58. The summed E-state index contributed by atoms with van der Waals surface area (Å²) in [5.41, 5.74) is 7.23. The molecular weight excluding hydrogens is 306 g/mol. The Hall–Kier alpha value is -1.95. The average Bonchev–Trinajstić information content (AvgIpc) is 2.74. The molecule has 0 aromatic heterocycles. The minimum absolute atomic E-state index is 0.228. The summed E-state index contributed by atoms with van der Waals surface area (Å²) >= 11 is 0. The molecule has 0 bridgehead atoms. The lowest BCUT2D eigenvalue weighted by Crippen LogP contribution is -2.61. The Morgan fingerprint density at radius 2 is 2.04 bits per heavy atom. The standard InChI is InChI=1S/C18H25N3O3/c1-22-16-11-15(18(16)6-2-7-18)21-17(19)20-12-4-5-13-14(10-12)24-9-3-8-23-13/h4-5,10,15-16H,2-3,6-9,11H2,1H3,(H3,19,20,21). The maximum Gasteiger partial charge on any atom is 0.193 e. The van der Waals surface area contributed by atoms with Crippen LogP contribution in [0.3, 0.4) is 0 Å². The third-order valence-electron chi connectivity index (χ3n) is 5.63. The lowest BCUT2D eigenvalue weighted by atomic mass is 9.51. The van der Waals surface area contributed by atoms with E-state index >= 15 is 0 Å². The lowest BCUT2D eigenvalue weighted by Gasteiger charge is -2.59. The van der Waals surface area contributed by atoms with Crippen LogP contribution in [-0.4, -0.2) is 38.4 Å². The van der Waals surface area contributed by atoms with Gasteiger partial charge >= 0.3 is 0 Å². The number of rotatable bonds is 3. The van der Waals surface area contributed by atoms with E-state index in [0.29, 0.717) is 25.3 Å². The fourth-order valence-corrected chi connectivity index (χ4v) is 4.07. The van der Waals surface area contributed by atoms with Crippen LogP contribution in [0.4, 0.5) is 5.69 Å². The van der Waals surface area contributed by atoms with Gasteiger partial charge in [-0.1, -0.05) is 6.42 Å². The number of nitrogens with two attached hydrogens (primary N) is 1. The van der Waals surface area contributed by atoms with Gasteiger partial charge in [0.1, 0.15) is 0 Å². The van der Waals surface area contributed by atoms with Crippen molar-refractivity contribution in [3.05, 3.63) is 18.2 Å². The van der Waals surface area contributed by atoms with Gasteiger partial charge in [0.15, 0.2) is 17.5 Å². The largest absolute Gasteiger partial charge is 0.490 e. The quantitative estimate of drug-likeness (QED) is 0.657. The number of nitrogens with zero attached hydrogens (tertiary/aromatic N) is 1. The first kappa shape index (κ1) is 15.6. The average molecular weight is 331 g/mol. The first-order chi connectivity index (χ1) is 11.7. The Bertz CT molecular complexity index is 642. The second-order valence-electron chi connectivity index (χ2n) is 6.91. The summed E-state index contributed by atoms with van der Waals surface area (Å²) < 4.78 is 16.9. The predicted octanol–water partition coefficient (Wildman–Crippen LogP) is 2.53. The maximum absolute atomic E-state index is 6.14. The number of hydrogen-bond acceptors (Lipinski definition) is 4. The van der Waals surface area contributed by atoms with Crippen molar-refractivity contribution in [2.45, 2.75) is 44.2 Å². The number of hydrogen-bond donors (Lipinski definition) is 2. The SMILES string of the molecule is COC1CC(N=C(N)Nc2ccc3c(c2)OCCCO3)C12CCC2. The van der Waals surface area contributed by atoms with E-state index < -0.39 is 0 Å². The summed E-state index contributed by atoms with van der Waals surface area (Å²) in [5, 5.41) is 3.18. The zero-order chi connectivity index (χ0) is 16.6. The van der Waals surface area contributed by atoms with Gasteiger partial charge in [-0.05, 0) is 31.4 Å². The van der Waals surface area contributed by atoms with Gasteiger partial charge in [-0.3, -0.25) is 0 Å². The van der Waals surface area contributed by atoms with E-state index in [4.69, 9.17) is 24.9 Å². The normalized spacial score (nSPS) is 27.8. The molecule has 3 N–H and O–H groups in total. The fourth-order valence-electron chi connectivity index (χ4n) is 4.07. The maximum atomic E-state index is 6.14. The van der Waals surface area contributed by atoms with Gasteiger partial charge in [-0.25, -0.2) is 4.99 Å². The van der Waals surface area contributed by atoms with Crippen LogP contribution in [0, 0.1) is 5.41 Å². The van der Waals surface area contributed by atoms with Gasteiger partial charge in [-0.15, -0.1) is 0 Å². The van der Waals surface area contributed by atoms with Crippen molar-refractivity contribution in [2.75, 3.05) is 25.6 Å². The van der Waals surface area contributed by atoms with Crippen LogP contribution in [0.5, 0.6) is 11.5 Å². The number of anilines is 1. The molecule has 2 atom stereocenters. The fraction of sp³-hybridized carbons (Fsp3) is 0.611. The van der Waals surface area contributed by atoms with Crippen molar-refractivity contribution >= 4 is 11.6 Å². The van der Waals surface area contributed by atoms with Gasteiger partial charge in [0, 0.05) is 30.7 Å². The zero-order valence-corrected chi connectivity index (χ0v) is 14.1. The molecule has 2 saturated carbocycles. The first-order valence-electron chi connectivity index (χ1n) is 8.74. The molecule has 6 nitrogen and oxygen atoms in total. The van der Waals surface area contributed by atoms with E-state index in [1.54, 1.807) is 7.11 Å². The van der Waals surface area contributed by atoms with Crippen LogP contribution < -0.4 is 20.5 Å². The van der Waals surface area contributed by atoms with E-state index in [0.717, 1.165) is 30.0 Å². The molecule has 130 valence electrons. The van der Waals surface area contributed by atoms with Gasteiger partial charge in [0.05, 0.1) is 25.4 Å². The summed E-state index contributed by atoms with van der Waals surface area (Å²) in [6.45, 7) is 1.36. The van der Waals surface area contributed by atoms with E-state index in [1.165, 1.54) is 19.3 Å². The number of aliphatic imine (C=N–C) groups is 1. The summed E-state index contributed by atoms with van der Waals surface area (Å²) in [4.78, 5) is 4.71. The third-order valence-corrected chi connectivity index (χ3v) is 5.63. The molecule has 6 heteroatoms. The van der Waals surface area contributed by atoms with E-state index in [2.05, 4.69) is 5.32 Å². The van der Waals surface area contributed by atoms with Crippen LogP contribution in [-0.2, 0) is 4.74 Å². The van der Waals surface area contributed by atoms with Gasteiger partial charge < -0.3 is 25.3 Å². The molecule has 4 rings (SSSR count). The number of guanidine groups is 1. The van der Waals surface area contributed by atoms with Crippen molar-refractivity contribution in [2.24, 2.45) is 16.1 Å².